The van der Waals surface area contributed by atoms with Crippen LogP contribution in [0.5, 0.6) is 0 Å². The number of aromatic nitrogens is 1. The van der Waals surface area contributed by atoms with Gasteiger partial charge in [-0.2, -0.15) is 0 Å². The number of thiazole rings is 1. The Kier molecular flexibility index (Phi) is 6.42. The number of rotatable bonds is 3. The maximum absolute atomic E-state index is 14.3. The third-order valence-electron chi connectivity index (χ3n) is 3.51. The number of ether oxygens (including phenoxy) is 1. The summed E-state index contributed by atoms with van der Waals surface area (Å²) in [5.41, 5.74) is 4.84. The van der Waals surface area contributed by atoms with E-state index in [1.807, 2.05) is 32.9 Å². The zero-order valence-corrected chi connectivity index (χ0v) is 15.5. The first-order valence-corrected chi connectivity index (χ1v) is 8.85. The van der Waals surface area contributed by atoms with Gasteiger partial charge in [0.1, 0.15) is 5.82 Å². The van der Waals surface area contributed by atoms with Crippen LogP contribution in [0.1, 0.15) is 29.8 Å². The highest BCUT2D eigenvalue weighted by Crippen LogP contribution is 2.32. The van der Waals surface area contributed by atoms with Gasteiger partial charge in [-0.1, -0.05) is 26.0 Å². The Morgan fingerprint density at radius 2 is 1.84 bits per heavy atom. The monoisotopic (exact) mass is 357 g/mol. The molecule has 0 N–H and O–H groups in total. The number of halogens is 1. The number of aryl methyl sites for hydroxylation is 1. The SMILES string of the molecule is CC.COC(=O)c1cc(-c2cncs2)cc(-c2ccc(C)cc2F)c1. The molecule has 0 saturated heterocycles. The highest BCUT2D eigenvalue weighted by molar-refractivity contribution is 7.13. The van der Waals surface area contributed by atoms with E-state index in [2.05, 4.69) is 4.98 Å². The average Bonchev–Trinajstić information content (AvgIpc) is 3.17. The molecule has 3 rings (SSSR count). The smallest absolute Gasteiger partial charge is 0.337 e. The maximum atomic E-state index is 14.3. The number of benzene rings is 2. The van der Waals surface area contributed by atoms with E-state index < -0.39 is 5.97 Å². The standard InChI is InChI=1S/C18H14FNO2S.C2H6/c1-11-3-4-15(16(19)5-11)12-6-13(17-9-20-10-23-17)8-14(7-12)18(21)22-2;1-2/h3-10H,1-2H3;1-2H3. The summed E-state index contributed by atoms with van der Waals surface area (Å²) in [6.45, 7) is 5.83. The summed E-state index contributed by atoms with van der Waals surface area (Å²) in [4.78, 5) is 16.9. The molecule has 130 valence electrons. The molecule has 0 aliphatic carbocycles. The van der Waals surface area contributed by atoms with E-state index >= 15 is 0 Å². The molecule has 0 spiro atoms. The maximum Gasteiger partial charge on any atom is 0.337 e. The van der Waals surface area contributed by atoms with E-state index in [1.165, 1.54) is 24.5 Å². The second-order valence-electron chi connectivity index (χ2n) is 5.14. The van der Waals surface area contributed by atoms with Crippen LogP contribution in [-0.4, -0.2) is 18.1 Å². The number of nitrogens with zero attached hydrogens (tertiary/aromatic N) is 1. The lowest BCUT2D eigenvalue weighted by atomic mass is 9.98. The molecular formula is C20H20FNO2S. The summed E-state index contributed by atoms with van der Waals surface area (Å²) in [5, 5.41) is 0. The van der Waals surface area contributed by atoms with Crippen molar-refractivity contribution in [2.75, 3.05) is 7.11 Å². The Labute approximate surface area is 151 Å². The topological polar surface area (TPSA) is 39.2 Å². The van der Waals surface area contributed by atoms with Crippen molar-refractivity contribution in [3.8, 4) is 21.6 Å². The molecule has 0 aliphatic rings. The van der Waals surface area contributed by atoms with Crippen LogP contribution in [-0.2, 0) is 4.74 Å². The molecule has 2 aromatic carbocycles. The molecule has 0 radical (unpaired) electrons. The van der Waals surface area contributed by atoms with Crippen molar-refractivity contribution in [2.24, 2.45) is 0 Å². The molecule has 5 heteroatoms. The first kappa shape index (κ1) is 18.8. The third-order valence-corrected chi connectivity index (χ3v) is 4.33. The van der Waals surface area contributed by atoms with Gasteiger partial charge < -0.3 is 4.74 Å². The zero-order chi connectivity index (χ0) is 18.4. The van der Waals surface area contributed by atoms with Crippen LogP contribution in [0.25, 0.3) is 21.6 Å². The van der Waals surface area contributed by atoms with Crippen molar-refractivity contribution < 1.29 is 13.9 Å². The fourth-order valence-electron chi connectivity index (χ4n) is 2.37. The molecule has 1 aromatic heterocycles. The average molecular weight is 357 g/mol. The summed E-state index contributed by atoms with van der Waals surface area (Å²) < 4.78 is 19.1. The fraction of sp³-hybridized carbons (Fsp3) is 0.200. The quantitative estimate of drug-likeness (QED) is 0.561. The Bertz CT molecular complexity index is 860. The van der Waals surface area contributed by atoms with Gasteiger partial charge in [0.2, 0.25) is 0 Å². The van der Waals surface area contributed by atoms with Crippen molar-refractivity contribution in [3.05, 3.63) is 65.0 Å². The molecule has 0 aliphatic heterocycles. The predicted octanol–water partition coefficient (Wildman–Crippen LogP) is 5.74. The van der Waals surface area contributed by atoms with Crippen molar-refractivity contribution in [3.63, 3.8) is 0 Å². The second-order valence-corrected chi connectivity index (χ2v) is 6.03. The number of hydrogen-bond acceptors (Lipinski definition) is 4. The van der Waals surface area contributed by atoms with Crippen molar-refractivity contribution in [2.45, 2.75) is 20.8 Å². The van der Waals surface area contributed by atoms with Crippen molar-refractivity contribution >= 4 is 17.3 Å². The molecular weight excluding hydrogens is 337 g/mol. The van der Waals surface area contributed by atoms with Gasteiger partial charge in [0.05, 0.1) is 23.1 Å². The highest BCUT2D eigenvalue weighted by atomic mass is 32.1. The number of methoxy groups -OCH3 is 1. The summed E-state index contributed by atoms with van der Waals surface area (Å²) in [5.74, 6) is -0.771. The van der Waals surface area contributed by atoms with E-state index in [4.69, 9.17) is 4.74 Å². The zero-order valence-electron chi connectivity index (χ0n) is 14.7. The number of hydrogen-bond donors (Lipinski definition) is 0. The lowest BCUT2D eigenvalue weighted by Gasteiger charge is -2.09. The van der Waals surface area contributed by atoms with E-state index in [0.717, 1.165) is 16.0 Å². The Hall–Kier alpha value is -2.53. The lowest BCUT2D eigenvalue weighted by Crippen LogP contribution is -2.02. The summed E-state index contributed by atoms with van der Waals surface area (Å²) >= 11 is 1.46. The minimum atomic E-state index is -0.454. The van der Waals surface area contributed by atoms with Gasteiger partial charge in [-0.3, -0.25) is 4.98 Å². The minimum absolute atomic E-state index is 0.317. The van der Waals surface area contributed by atoms with Gasteiger partial charge in [-0.25, -0.2) is 9.18 Å². The summed E-state index contributed by atoms with van der Waals surface area (Å²) in [6, 6.07) is 10.3. The molecule has 0 fully saturated rings. The first-order chi connectivity index (χ1) is 12.1. The van der Waals surface area contributed by atoms with Gasteiger partial charge in [0.25, 0.3) is 0 Å². The molecule has 3 aromatic rings. The highest BCUT2D eigenvalue weighted by Gasteiger charge is 2.14. The largest absolute Gasteiger partial charge is 0.465 e. The molecule has 0 amide bonds. The van der Waals surface area contributed by atoms with Crippen LogP contribution in [0.2, 0.25) is 0 Å². The molecule has 3 nitrogen and oxygen atoms in total. The fourth-order valence-corrected chi connectivity index (χ4v) is 2.98. The Morgan fingerprint density at radius 1 is 1.12 bits per heavy atom. The van der Waals surface area contributed by atoms with Crippen LogP contribution in [0, 0.1) is 12.7 Å². The van der Waals surface area contributed by atoms with Gasteiger partial charge in [-0.15, -0.1) is 11.3 Å². The van der Waals surface area contributed by atoms with Crippen molar-refractivity contribution in [1.29, 1.82) is 0 Å². The molecule has 0 atom stereocenters. The summed E-state index contributed by atoms with van der Waals surface area (Å²) in [7, 11) is 1.33. The van der Waals surface area contributed by atoms with E-state index in [-0.39, 0.29) is 5.82 Å². The lowest BCUT2D eigenvalue weighted by molar-refractivity contribution is 0.0601. The van der Waals surface area contributed by atoms with Gasteiger partial charge in [-0.05, 0) is 47.9 Å². The number of carbonyl (C=O) groups excluding carboxylic acids is 1. The number of carbonyl (C=O) groups is 1. The summed E-state index contributed by atoms with van der Waals surface area (Å²) in [6.07, 6.45) is 1.72. The van der Waals surface area contributed by atoms with Crippen LogP contribution >= 0.6 is 11.3 Å². The molecule has 0 bridgehead atoms. The molecule has 1 heterocycles. The van der Waals surface area contributed by atoms with Crippen LogP contribution < -0.4 is 0 Å². The van der Waals surface area contributed by atoms with Gasteiger partial charge in [0, 0.05) is 11.8 Å². The molecule has 0 saturated carbocycles. The Balaban J connectivity index is 0.00000109. The second kappa shape index (κ2) is 8.53. The minimum Gasteiger partial charge on any atom is -0.465 e. The predicted molar refractivity (Wildman–Crippen MR) is 100 cm³/mol. The first-order valence-electron chi connectivity index (χ1n) is 7.97. The van der Waals surface area contributed by atoms with Crippen molar-refractivity contribution in [1.82, 2.24) is 4.98 Å². The molecule has 25 heavy (non-hydrogen) atoms. The van der Waals surface area contributed by atoms with Crippen LogP contribution in [0.4, 0.5) is 4.39 Å². The van der Waals surface area contributed by atoms with E-state index in [0.29, 0.717) is 16.7 Å². The van der Waals surface area contributed by atoms with Crippen LogP contribution in [0.3, 0.4) is 0 Å². The van der Waals surface area contributed by atoms with Gasteiger partial charge >= 0.3 is 5.97 Å². The normalized spacial score (nSPS) is 9.96. The van der Waals surface area contributed by atoms with E-state index in [1.54, 1.807) is 29.9 Å². The number of esters is 1. The third kappa shape index (κ3) is 4.31. The van der Waals surface area contributed by atoms with E-state index in [9.17, 15) is 9.18 Å². The molecule has 0 unspecified atom stereocenters. The Morgan fingerprint density at radius 3 is 2.44 bits per heavy atom. The van der Waals surface area contributed by atoms with Gasteiger partial charge in [0.15, 0.2) is 0 Å². The van der Waals surface area contributed by atoms with Crippen LogP contribution in [0.15, 0.2) is 48.1 Å².